The Kier molecular flexibility index (Phi) is 6.96. The molecule has 0 saturated carbocycles. The quantitative estimate of drug-likeness (QED) is 0.604. The summed E-state index contributed by atoms with van der Waals surface area (Å²) in [6.45, 7) is 7.36. The Hall–Kier alpha value is -0.990. The molecule has 0 aliphatic heterocycles. The summed E-state index contributed by atoms with van der Waals surface area (Å²) in [4.78, 5) is 11.7. The van der Waals surface area contributed by atoms with Crippen molar-refractivity contribution in [3.63, 3.8) is 0 Å². The second-order valence-electron chi connectivity index (χ2n) is 6.60. The summed E-state index contributed by atoms with van der Waals surface area (Å²) in [6, 6.07) is 0. The standard InChI is InChI=1S/C16H29NO2/c1-16(2,3)12-9-13-17-15(18)19-14-10-7-5-4-6-8-11-14/h4-5,14H,6-13H2,1-3H3,(H,17,18)/b5-4+. The van der Waals surface area contributed by atoms with Crippen LogP contribution in [0.25, 0.3) is 0 Å². The molecule has 0 bridgehead atoms. The predicted octanol–water partition coefficient (Wildman–Crippen LogP) is 4.43. The minimum Gasteiger partial charge on any atom is -0.446 e. The van der Waals surface area contributed by atoms with Gasteiger partial charge in [0.1, 0.15) is 6.10 Å². The molecule has 1 aliphatic rings. The zero-order chi connectivity index (χ0) is 14.1. The van der Waals surface area contributed by atoms with Crippen molar-refractivity contribution in [1.82, 2.24) is 5.32 Å². The molecule has 0 radical (unpaired) electrons. The molecule has 0 saturated heterocycles. The van der Waals surface area contributed by atoms with Gasteiger partial charge in [-0.15, -0.1) is 0 Å². The molecule has 0 fully saturated rings. The van der Waals surface area contributed by atoms with E-state index in [2.05, 4.69) is 38.2 Å². The maximum absolute atomic E-state index is 11.7. The molecule has 0 spiro atoms. The minimum atomic E-state index is -0.247. The number of hydrogen-bond donors (Lipinski definition) is 1. The summed E-state index contributed by atoms with van der Waals surface area (Å²) < 4.78 is 5.48. The zero-order valence-electron chi connectivity index (χ0n) is 12.7. The Morgan fingerprint density at radius 3 is 2.74 bits per heavy atom. The summed E-state index contributed by atoms with van der Waals surface area (Å²) >= 11 is 0. The van der Waals surface area contributed by atoms with Gasteiger partial charge in [-0.3, -0.25) is 0 Å². The molecule has 0 heterocycles. The van der Waals surface area contributed by atoms with E-state index in [0.29, 0.717) is 12.0 Å². The van der Waals surface area contributed by atoms with Gasteiger partial charge in [0.05, 0.1) is 0 Å². The van der Waals surface area contributed by atoms with Gasteiger partial charge in [-0.25, -0.2) is 4.79 Å². The van der Waals surface area contributed by atoms with Crippen LogP contribution in [-0.2, 0) is 4.74 Å². The Bertz CT molecular complexity index is 292. The second kappa shape index (κ2) is 8.23. The van der Waals surface area contributed by atoms with E-state index in [1.807, 2.05) is 0 Å². The lowest BCUT2D eigenvalue weighted by Gasteiger charge is -2.20. The summed E-state index contributed by atoms with van der Waals surface area (Å²) in [7, 11) is 0. The number of allylic oxidation sites excluding steroid dienone is 2. The highest BCUT2D eigenvalue weighted by atomic mass is 16.6. The molecule has 3 heteroatoms. The highest BCUT2D eigenvalue weighted by Crippen LogP contribution is 2.20. The van der Waals surface area contributed by atoms with Crippen LogP contribution in [0.5, 0.6) is 0 Å². The van der Waals surface area contributed by atoms with Crippen molar-refractivity contribution in [2.75, 3.05) is 6.54 Å². The van der Waals surface area contributed by atoms with Crippen LogP contribution in [0, 0.1) is 5.41 Å². The largest absolute Gasteiger partial charge is 0.446 e. The average Bonchev–Trinajstić information content (AvgIpc) is 2.27. The molecule has 1 atom stereocenters. The fourth-order valence-corrected chi connectivity index (χ4v) is 2.25. The molecule has 1 rings (SSSR count). The molecule has 1 N–H and O–H groups in total. The third-order valence-corrected chi connectivity index (χ3v) is 3.37. The maximum Gasteiger partial charge on any atom is 0.407 e. The highest BCUT2D eigenvalue weighted by molar-refractivity contribution is 5.67. The van der Waals surface area contributed by atoms with Gasteiger partial charge in [-0.05, 0) is 50.4 Å². The average molecular weight is 267 g/mol. The van der Waals surface area contributed by atoms with Crippen LogP contribution in [0.1, 0.15) is 65.7 Å². The monoisotopic (exact) mass is 267 g/mol. The van der Waals surface area contributed by atoms with Crippen LogP contribution >= 0.6 is 0 Å². The normalized spacial score (nSPS) is 22.2. The SMILES string of the molecule is CC(C)(C)CCCNC(=O)OC1CC/C=C/CCC1. The first kappa shape index (κ1) is 16.1. The van der Waals surface area contributed by atoms with Gasteiger partial charge in [0.25, 0.3) is 0 Å². The van der Waals surface area contributed by atoms with Crippen molar-refractivity contribution in [1.29, 1.82) is 0 Å². The number of carbonyl (C=O) groups is 1. The fraction of sp³-hybridized carbons (Fsp3) is 0.812. The van der Waals surface area contributed by atoms with Crippen LogP contribution in [0.15, 0.2) is 12.2 Å². The van der Waals surface area contributed by atoms with Gasteiger partial charge in [0.2, 0.25) is 0 Å². The van der Waals surface area contributed by atoms with Crippen molar-refractivity contribution in [2.45, 2.75) is 71.8 Å². The van der Waals surface area contributed by atoms with Crippen molar-refractivity contribution >= 4 is 6.09 Å². The lowest BCUT2D eigenvalue weighted by atomic mass is 9.91. The van der Waals surface area contributed by atoms with Crippen LogP contribution in [0.4, 0.5) is 4.79 Å². The van der Waals surface area contributed by atoms with Crippen LogP contribution in [0.2, 0.25) is 0 Å². The molecule has 1 aliphatic carbocycles. The van der Waals surface area contributed by atoms with Crippen molar-refractivity contribution < 1.29 is 9.53 Å². The molecule has 110 valence electrons. The first-order valence-corrected chi connectivity index (χ1v) is 7.57. The first-order chi connectivity index (χ1) is 8.97. The van der Waals surface area contributed by atoms with Gasteiger partial charge < -0.3 is 10.1 Å². The van der Waals surface area contributed by atoms with Gasteiger partial charge in [0, 0.05) is 6.54 Å². The molecule has 0 aromatic heterocycles. The van der Waals surface area contributed by atoms with Gasteiger partial charge in [0.15, 0.2) is 0 Å². The predicted molar refractivity (Wildman–Crippen MR) is 79.2 cm³/mol. The summed E-state index contributed by atoms with van der Waals surface area (Å²) in [5, 5.41) is 2.86. The van der Waals surface area contributed by atoms with Gasteiger partial charge in [-0.1, -0.05) is 32.9 Å². The number of nitrogens with one attached hydrogen (secondary N) is 1. The lowest BCUT2D eigenvalue weighted by molar-refractivity contribution is 0.0861. The van der Waals surface area contributed by atoms with Crippen molar-refractivity contribution in [2.24, 2.45) is 5.41 Å². The van der Waals surface area contributed by atoms with E-state index in [9.17, 15) is 4.79 Å². The molecular weight excluding hydrogens is 238 g/mol. The van der Waals surface area contributed by atoms with Crippen LogP contribution in [-0.4, -0.2) is 18.7 Å². The van der Waals surface area contributed by atoms with Crippen LogP contribution in [0.3, 0.4) is 0 Å². The highest BCUT2D eigenvalue weighted by Gasteiger charge is 2.14. The summed E-state index contributed by atoms with van der Waals surface area (Å²) in [5.74, 6) is 0. The Morgan fingerprint density at radius 1 is 1.26 bits per heavy atom. The van der Waals surface area contributed by atoms with Crippen LogP contribution < -0.4 is 5.32 Å². The molecule has 1 unspecified atom stereocenters. The minimum absolute atomic E-state index is 0.0903. The number of rotatable bonds is 4. The number of carbonyl (C=O) groups excluding carboxylic acids is 1. The third kappa shape index (κ3) is 8.68. The maximum atomic E-state index is 11.7. The number of alkyl carbamates (subject to hydrolysis) is 1. The van der Waals surface area contributed by atoms with Crippen molar-refractivity contribution in [3.8, 4) is 0 Å². The fourth-order valence-electron chi connectivity index (χ4n) is 2.25. The zero-order valence-corrected chi connectivity index (χ0v) is 12.7. The molecular formula is C16H29NO2. The topological polar surface area (TPSA) is 38.3 Å². The lowest BCUT2D eigenvalue weighted by Crippen LogP contribution is -2.30. The Morgan fingerprint density at radius 2 is 2.00 bits per heavy atom. The number of hydrogen-bond acceptors (Lipinski definition) is 2. The van der Waals surface area contributed by atoms with E-state index in [4.69, 9.17) is 4.74 Å². The second-order valence-corrected chi connectivity index (χ2v) is 6.60. The van der Waals surface area contributed by atoms with E-state index in [-0.39, 0.29) is 12.2 Å². The molecule has 0 aromatic carbocycles. The Balaban J connectivity index is 2.14. The van der Waals surface area contributed by atoms with Crippen molar-refractivity contribution in [3.05, 3.63) is 12.2 Å². The van der Waals surface area contributed by atoms with Gasteiger partial charge in [-0.2, -0.15) is 0 Å². The first-order valence-electron chi connectivity index (χ1n) is 7.57. The summed E-state index contributed by atoms with van der Waals surface area (Å²) in [6.07, 6.45) is 11.5. The summed E-state index contributed by atoms with van der Waals surface area (Å²) in [5.41, 5.74) is 0.331. The molecule has 0 aromatic rings. The van der Waals surface area contributed by atoms with E-state index >= 15 is 0 Å². The number of ether oxygens (including phenoxy) is 1. The van der Waals surface area contributed by atoms with E-state index in [1.165, 1.54) is 0 Å². The molecule has 19 heavy (non-hydrogen) atoms. The van der Waals surface area contributed by atoms with E-state index in [0.717, 1.165) is 44.9 Å². The Labute approximate surface area is 117 Å². The van der Waals surface area contributed by atoms with Gasteiger partial charge >= 0.3 is 6.09 Å². The third-order valence-electron chi connectivity index (χ3n) is 3.37. The van der Waals surface area contributed by atoms with E-state index in [1.54, 1.807) is 0 Å². The number of amides is 1. The van der Waals surface area contributed by atoms with E-state index < -0.39 is 0 Å². The smallest absolute Gasteiger partial charge is 0.407 e. The molecule has 3 nitrogen and oxygen atoms in total. The molecule has 1 amide bonds.